The molecule has 2 heterocycles. The van der Waals surface area contributed by atoms with Crippen LogP contribution in [0.2, 0.25) is 0 Å². The molecule has 1 saturated heterocycles. The maximum atomic E-state index is 12.5. The van der Waals surface area contributed by atoms with Crippen molar-refractivity contribution in [2.45, 2.75) is 26.4 Å². The zero-order valence-electron chi connectivity index (χ0n) is 12.5. The fourth-order valence-electron chi connectivity index (χ4n) is 2.82. The predicted molar refractivity (Wildman–Crippen MR) is 77.5 cm³/mol. The summed E-state index contributed by atoms with van der Waals surface area (Å²) < 4.78 is 37.5. The molecule has 0 aliphatic carbocycles. The summed E-state index contributed by atoms with van der Waals surface area (Å²) in [5, 5.41) is 0. The van der Waals surface area contributed by atoms with E-state index in [1.807, 2.05) is 25.1 Å². The number of anilines is 1. The molecule has 0 aromatic carbocycles. The molecule has 1 aliphatic heterocycles. The van der Waals surface area contributed by atoms with Crippen LogP contribution in [-0.2, 0) is 0 Å². The number of aromatic nitrogens is 1. The van der Waals surface area contributed by atoms with E-state index in [0.717, 1.165) is 31.0 Å². The third-order valence-corrected chi connectivity index (χ3v) is 3.85. The summed E-state index contributed by atoms with van der Waals surface area (Å²) in [7, 11) is 0. The Morgan fingerprint density at radius 3 is 2.76 bits per heavy atom. The predicted octanol–water partition coefficient (Wildman–Crippen LogP) is 3.10. The summed E-state index contributed by atoms with van der Waals surface area (Å²) in [6, 6.07) is 5.87. The summed E-state index contributed by atoms with van der Waals surface area (Å²) in [5.41, 5.74) is 0.961. The van der Waals surface area contributed by atoms with Crippen molar-refractivity contribution >= 4 is 5.82 Å². The first-order valence-corrected chi connectivity index (χ1v) is 7.35. The third-order valence-electron chi connectivity index (χ3n) is 3.85. The van der Waals surface area contributed by atoms with Gasteiger partial charge >= 0.3 is 6.18 Å². The average Bonchev–Trinajstić information content (AvgIpc) is 2.85. The van der Waals surface area contributed by atoms with Gasteiger partial charge in [0.05, 0.1) is 6.54 Å². The average molecular weight is 301 g/mol. The second-order valence-corrected chi connectivity index (χ2v) is 5.68. The SMILES string of the molecule is CCN(CC1CCN(c2cccc(C)n2)C1)CC(F)(F)F. The van der Waals surface area contributed by atoms with E-state index in [0.29, 0.717) is 13.1 Å². The molecule has 1 aliphatic rings. The molecule has 2 rings (SSSR count). The fraction of sp³-hybridized carbons (Fsp3) is 0.667. The van der Waals surface area contributed by atoms with Gasteiger partial charge < -0.3 is 4.90 Å². The van der Waals surface area contributed by atoms with Gasteiger partial charge in [-0.25, -0.2) is 4.98 Å². The lowest BCUT2D eigenvalue weighted by molar-refractivity contribution is -0.146. The standard InChI is InChI=1S/C15H22F3N3/c1-3-20(11-15(16,17)18)9-13-7-8-21(10-13)14-6-4-5-12(2)19-14/h4-6,13H,3,7-11H2,1-2H3. The second-order valence-electron chi connectivity index (χ2n) is 5.68. The van der Waals surface area contributed by atoms with Crippen LogP contribution in [0.15, 0.2) is 18.2 Å². The van der Waals surface area contributed by atoms with Crippen molar-refractivity contribution in [3.05, 3.63) is 23.9 Å². The lowest BCUT2D eigenvalue weighted by Crippen LogP contribution is -2.38. The molecule has 0 spiro atoms. The van der Waals surface area contributed by atoms with Gasteiger partial charge in [0.25, 0.3) is 0 Å². The highest BCUT2D eigenvalue weighted by Crippen LogP contribution is 2.24. The van der Waals surface area contributed by atoms with Gasteiger partial charge in [-0.1, -0.05) is 13.0 Å². The Hall–Kier alpha value is -1.30. The Balaban J connectivity index is 1.90. The molecule has 3 nitrogen and oxygen atoms in total. The van der Waals surface area contributed by atoms with Crippen LogP contribution in [0.5, 0.6) is 0 Å². The molecule has 6 heteroatoms. The van der Waals surface area contributed by atoms with Gasteiger partial charge in [-0.05, 0) is 37.9 Å². The van der Waals surface area contributed by atoms with Crippen LogP contribution >= 0.6 is 0 Å². The van der Waals surface area contributed by atoms with Crippen LogP contribution in [-0.4, -0.2) is 48.8 Å². The van der Waals surface area contributed by atoms with Crippen molar-refractivity contribution in [2.24, 2.45) is 5.92 Å². The first-order chi connectivity index (χ1) is 9.87. The Kier molecular flexibility index (Phi) is 5.08. The van der Waals surface area contributed by atoms with Crippen molar-refractivity contribution in [1.29, 1.82) is 0 Å². The van der Waals surface area contributed by atoms with Gasteiger partial charge in [0.2, 0.25) is 0 Å². The summed E-state index contributed by atoms with van der Waals surface area (Å²) >= 11 is 0. The third kappa shape index (κ3) is 4.88. The normalized spacial score (nSPS) is 19.5. The molecular formula is C15H22F3N3. The minimum Gasteiger partial charge on any atom is -0.356 e. The van der Waals surface area contributed by atoms with Crippen LogP contribution in [0.1, 0.15) is 19.0 Å². The van der Waals surface area contributed by atoms with Crippen LogP contribution in [0.4, 0.5) is 19.0 Å². The number of rotatable bonds is 5. The smallest absolute Gasteiger partial charge is 0.356 e. The molecule has 21 heavy (non-hydrogen) atoms. The van der Waals surface area contributed by atoms with Gasteiger partial charge in [0, 0.05) is 25.3 Å². The monoisotopic (exact) mass is 301 g/mol. The molecule has 0 amide bonds. The molecule has 1 fully saturated rings. The Labute approximate surface area is 123 Å². The van der Waals surface area contributed by atoms with E-state index in [4.69, 9.17) is 0 Å². The molecule has 0 radical (unpaired) electrons. The molecule has 1 aromatic rings. The highest BCUT2D eigenvalue weighted by molar-refractivity contribution is 5.40. The van der Waals surface area contributed by atoms with Crippen LogP contribution in [0.25, 0.3) is 0 Å². The topological polar surface area (TPSA) is 19.4 Å². The van der Waals surface area contributed by atoms with E-state index in [1.54, 1.807) is 6.92 Å². The van der Waals surface area contributed by atoms with Crippen LogP contribution in [0, 0.1) is 12.8 Å². The van der Waals surface area contributed by atoms with Crippen molar-refractivity contribution in [2.75, 3.05) is 37.6 Å². The van der Waals surface area contributed by atoms with Crippen molar-refractivity contribution in [3.8, 4) is 0 Å². The van der Waals surface area contributed by atoms with Gasteiger partial charge in [-0.3, -0.25) is 4.90 Å². The summed E-state index contributed by atoms with van der Waals surface area (Å²) in [6.45, 7) is 5.48. The van der Waals surface area contributed by atoms with E-state index in [2.05, 4.69) is 9.88 Å². The summed E-state index contributed by atoms with van der Waals surface area (Å²) in [6.07, 6.45) is -3.20. The molecular weight excluding hydrogens is 279 g/mol. The molecule has 0 bridgehead atoms. The van der Waals surface area contributed by atoms with E-state index >= 15 is 0 Å². The molecule has 1 unspecified atom stereocenters. The van der Waals surface area contributed by atoms with Crippen LogP contribution < -0.4 is 4.90 Å². The number of aryl methyl sites for hydroxylation is 1. The zero-order chi connectivity index (χ0) is 15.5. The zero-order valence-corrected chi connectivity index (χ0v) is 12.5. The summed E-state index contributed by atoms with van der Waals surface area (Å²) in [4.78, 5) is 8.13. The minimum absolute atomic E-state index is 0.273. The van der Waals surface area contributed by atoms with Crippen molar-refractivity contribution in [3.63, 3.8) is 0 Å². The molecule has 1 atom stereocenters. The van der Waals surface area contributed by atoms with E-state index in [1.165, 1.54) is 4.90 Å². The molecule has 0 N–H and O–H groups in total. The van der Waals surface area contributed by atoms with E-state index < -0.39 is 12.7 Å². The summed E-state index contributed by atoms with van der Waals surface area (Å²) in [5.74, 6) is 1.20. The number of halogens is 3. The lowest BCUT2D eigenvalue weighted by Gasteiger charge is -2.25. The lowest BCUT2D eigenvalue weighted by atomic mass is 10.1. The first kappa shape index (κ1) is 16.1. The highest BCUT2D eigenvalue weighted by Gasteiger charge is 2.32. The second kappa shape index (κ2) is 6.64. The number of hydrogen-bond acceptors (Lipinski definition) is 3. The minimum atomic E-state index is -4.12. The van der Waals surface area contributed by atoms with Gasteiger partial charge in [-0.2, -0.15) is 13.2 Å². The fourth-order valence-corrected chi connectivity index (χ4v) is 2.82. The Morgan fingerprint density at radius 2 is 2.14 bits per heavy atom. The molecule has 118 valence electrons. The van der Waals surface area contributed by atoms with Crippen LogP contribution in [0.3, 0.4) is 0 Å². The number of pyridine rings is 1. The maximum absolute atomic E-state index is 12.5. The number of alkyl halides is 3. The number of hydrogen-bond donors (Lipinski definition) is 0. The Bertz CT molecular complexity index is 462. The van der Waals surface area contributed by atoms with Crippen molar-refractivity contribution in [1.82, 2.24) is 9.88 Å². The van der Waals surface area contributed by atoms with E-state index in [-0.39, 0.29) is 5.92 Å². The first-order valence-electron chi connectivity index (χ1n) is 7.35. The van der Waals surface area contributed by atoms with Crippen molar-refractivity contribution < 1.29 is 13.2 Å². The Morgan fingerprint density at radius 1 is 1.38 bits per heavy atom. The number of nitrogens with zero attached hydrogens (tertiary/aromatic N) is 3. The van der Waals surface area contributed by atoms with E-state index in [9.17, 15) is 13.2 Å². The van der Waals surface area contributed by atoms with Gasteiger partial charge in [0.15, 0.2) is 0 Å². The molecule has 0 saturated carbocycles. The highest BCUT2D eigenvalue weighted by atomic mass is 19.4. The largest absolute Gasteiger partial charge is 0.401 e. The van der Waals surface area contributed by atoms with Gasteiger partial charge in [0.1, 0.15) is 5.82 Å². The quantitative estimate of drug-likeness (QED) is 0.833. The molecule has 1 aromatic heterocycles. The maximum Gasteiger partial charge on any atom is 0.401 e. The van der Waals surface area contributed by atoms with Gasteiger partial charge in [-0.15, -0.1) is 0 Å².